The number of hydrogen-bond acceptors (Lipinski definition) is 5. The van der Waals surface area contributed by atoms with Gasteiger partial charge in [0.25, 0.3) is 0 Å². The van der Waals surface area contributed by atoms with Crippen LogP contribution in [0.1, 0.15) is 19.2 Å². The summed E-state index contributed by atoms with van der Waals surface area (Å²) in [4.78, 5) is 8.63. The second-order valence-corrected chi connectivity index (χ2v) is 4.20. The van der Waals surface area contributed by atoms with Crippen LogP contribution in [-0.4, -0.2) is 17.1 Å². The van der Waals surface area contributed by atoms with E-state index in [9.17, 15) is 0 Å². The Morgan fingerprint density at radius 3 is 2.58 bits per heavy atom. The van der Waals surface area contributed by atoms with Crippen LogP contribution < -0.4 is 15.8 Å². The third kappa shape index (κ3) is 3.58. The fourth-order valence-corrected chi connectivity index (χ4v) is 1.74. The van der Waals surface area contributed by atoms with E-state index < -0.39 is 0 Å². The number of ether oxygens (including phenoxy) is 1. The highest BCUT2D eigenvalue weighted by molar-refractivity contribution is 5.59. The number of rotatable bonds is 5. The molecular formula is C14H18N4O. The second kappa shape index (κ2) is 6.04. The van der Waals surface area contributed by atoms with Gasteiger partial charge in [-0.1, -0.05) is 6.92 Å². The lowest BCUT2D eigenvalue weighted by Crippen LogP contribution is -2.03. The third-order valence-electron chi connectivity index (χ3n) is 2.63. The van der Waals surface area contributed by atoms with Crippen molar-refractivity contribution in [3.05, 3.63) is 36.2 Å². The lowest BCUT2D eigenvalue weighted by Gasteiger charge is -2.08. The van der Waals surface area contributed by atoms with Gasteiger partial charge in [-0.25, -0.2) is 9.97 Å². The Morgan fingerprint density at radius 1 is 1.21 bits per heavy atom. The van der Waals surface area contributed by atoms with Crippen LogP contribution in [0.2, 0.25) is 0 Å². The first-order valence-electron chi connectivity index (χ1n) is 6.25. The summed E-state index contributed by atoms with van der Waals surface area (Å²) in [5.41, 5.74) is 6.71. The SMILES string of the molecule is CCCc1nc(N)cc(Nc2ccc(OC)cc2)n1. The number of benzene rings is 1. The number of aryl methyl sites for hydroxylation is 1. The lowest BCUT2D eigenvalue weighted by atomic mass is 10.3. The molecule has 3 N–H and O–H groups in total. The molecule has 1 aromatic carbocycles. The molecule has 1 aromatic heterocycles. The molecule has 0 unspecified atom stereocenters. The molecule has 0 atom stereocenters. The summed E-state index contributed by atoms with van der Waals surface area (Å²) in [6, 6.07) is 9.36. The predicted octanol–water partition coefficient (Wildman–Crippen LogP) is 2.76. The van der Waals surface area contributed by atoms with E-state index in [0.29, 0.717) is 11.6 Å². The van der Waals surface area contributed by atoms with Gasteiger partial charge >= 0.3 is 0 Å². The molecule has 0 saturated heterocycles. The fourth-order valence-electron chi connectivity index (χ4n) is 1.74. The van der Waals surface area contributed by atoms with E-state index in [1.54, 1.807) is 13.2 Å². The molecule has 0 bridgehead atoms. The first-order chi connectivity index (χ1) is 9.21. The zero-order chi connectivity index (χ0) is 13.7. The van der Waals surface area contributed by atoms with Crippen LogP contribution >= 0.6 is 0 Å². The molecule has 0 spiro atoms. The summed E-state index contributed by atoms with van der Waals surface area (Å²) < 4.78 is 5.12. The smallest absolute Gasteiger partial charge is 0.136 e. The Kier molecular flexibility index (Phi) is 4.18. The largest absolute Gasteiger partial charge is 0.497 e. The summed E-state index contributed by atoms with van der Waals surface area (Å²) >= 11 is 0. The number of nitrogens with zero attached hydrogens (tertiary/aromatic N) is 2. The molecule has 5 heteroatoms. The average Bonchev–Trinajstić information content (AvgIpc) is 2.39. The number of methoxy groups -OCH3 is 1. The van der Waals surface area contributed by atoms with Crippen molar-refractivity contribution in [2.75, 3.05) is 18.2 Å². The molecule has 0 aliphatic rings. The van der Waals surface area contributed by atoms with Crippen molar-refractivity contribution >= 4 is 17.3 Å². The van der Waals surface area contributed by atoms with Gasteiger partial charge in [0.05, 0.1) is 7.11 Å². The lowest BCUT2D eigenvalue weighted by molar-refractivity contribution is 0.415. The van der Waals surface area contributed by atoms with Crippen molar-refractivity contribution in [1.29, 1.82) is 0 Å². The average molecular weight is 258 g/mol. The van der Waals surface area contributed by atoms with E-state index in [1.807, 2.05) is 24.3 Å². The van der Waals surface area contributed by atoms with Gasteiger partial charge < -0.3 is 15.8 Å². The van der Waals surface area contributed by atoms with Crippen LogP contribution in [0.5, 0.6) is 5.75 Å². The number of nitrogen functional groups attached to an aromatic ring is 1. The van der Waals surface area contributed by atoms with Crippen LogP contribution in [-0.2, 0) is 6.42 Å². The van der Waals surface area contributed by atoms with Crippen molar-refractivity contribution in [2.45, 2.75) is 19.8 Å². The van der Waals surface area contributed by atoms with Crippen LogP contribution in [0.4, 0.5) is 17.3 Å². The maximum Gasteiger partial charge on any atom is 0.136 e. The number of nitrogens with two attached hydrogens (primary N) is 1. The van der Waals surface area contributed by atoms with Gasteiger partial charge in [0.1, 0.15) is 23.2 Å². The quantitative estimate of drug-likeness (QED) is 0.862. The Labute approximate surface area is 112 Å². The molecule has 0 amide bonds. The molecule has 0 fully saturated rings. The minimum Gasteiger partial charge on any atom is -0.497 e. The first-order valence-corrected chi connectivity index (χ1v) is 6.25. The van der Waals surface area contributed by atoms with Crippen molar-refractivity contribution in [3.63, 3.8) is 0 Å². The van der Waals surface area contributed by atoms with Gasteiger partial charge in [-0.2, -0.15) is 0 Å². The highest BCUT2D eigenvalue weighted by atomic mass is 16.5. The zero-order valence-corrected chi connectivity index (χ0v) is 11.2. The van der Waals surface area contributed by atoms with Crippen molar-refractivity contribution in [1.82, 2.24) is 9.97 Å². The second-order valence-electron chi connectivity index (χ2n) is 4.20. The molecule has 0 saturated carbocycles. The Bertz CT molecular complexity index is 540. The zero-order valence-electron chi connectivity index (χ0n) is 11.2. The van der Waals surface area contributed by atoms with Gasteiger partial charge in [-0.05, 0) is 30.7 Å². The monoisotopic (exact) mass is 258 g/mol. The van der Waals surface area contributed by atoms with Gasteiger partial charge in [-0.3, -0.25) is 0 Å². The van der Waals surface area contributed by atoms with Gasteiger partial charge in [0.2, 0.25) is 0 Å². The number of hydrogen-bond donors (Lipinski definition) is 2. The summed E-state index contributed by atoms with van der Waals surface area (Å²) in [5, 5.41) is 3.21. The normalized spacial score (nSPS) is 10.2. The van der Waals surface area contributed by atoms with Crippen LogP contribution in [0.3, 0.4) is 0 Å². The number of anilines is 3. The van der Waals surface area contributed by atoms with Crippen molar-refractivity contribution < 1.29 is 4.74 Å². The van der Waals surface area contributed by atoms with Crippen LogP contribution in [0, 0.1) is 0 Å². The molecule has 0 aliphatic heterocycles. The Hall–Kier alpha value is -2.30. The van der Waals surface area contributed by atoms with Gasteiger partial charge in [-0.15, -0.1) is 0 Å². The fraction of sp³-hybridized carbons (Fsp3) is 0.286. The van der Waals surface area contributed by atoms with Crippen molar-refractivity contribution in [3.8, 4) is 5.75 Å². The van der Waals surface area contributed by atoms with Crippen molar-refractivity contribution in [2.24, 2.45) is 0 Å². The summed E-state index contributed by atoms with van der Waals surface area (Å²) in [6.45, 7) is 2.09. The number of aromatic nitrogens is 2. The topological polar surface area (TPSA) is 73.1 Å². The summed E-state index contributed by atoms with van der Waals surface area (Å²) in [6.07, 6.45) is 1.81. The highest BCUT2D eigenvalue weighted by Crippen LogP contribution is 2.19. The maximum atomic E-state index is 5.78. The Morgan fingerprint density at radius 2 is 1.95 bits per heavy atom. The van der Waals surface area contributed by atoms with Gasteiger partial charge in [0, 0.05) is 18.2 Å². The molecule has 0 aliphatic carbocycles. The molecule has 0 radical (unpaired) electrons. The summed E-state index contributed by atoms with van der Waals surface area (Å²) in [5.74, 6) is 2.77. The predicted molar refractivity (Wildman–Crippen MR) is 76.7 cm³/mol. The van der Waals surface area contributed by atoms with E-state index >= 15 is 0 Å². The molecule has 100 valence electrons. The van der Waals surface area contributed by atoms with E-state index in [0.717, 1.165) is 30.1 Å². The minimum atomic E-state index is 0.481. The van der Waals surface area contributed by atoms with E-state index in [1.165, 1.54) is 0 Å². The minimum absolute atomic E-state index is 0.481. The third-order valence-corrected chi connectivity index (χ3v) is 2.63. The summed E-state index contributed by atoms with van der Waals surface area (Å²) in [7, 11) is 1.64. The molecule has 1 heterocycles. The Balaban J connectivity index is 2.17. The molecule has 2 rings (SSSR count). The van der Waals surface area contributed by atoms with Crippen LogP contribution in [0.15, 0.2) is 30.3 Å². The molecule has 2 aromatic rings. The van der Waals surface area contributed by atoms with E-state index in [2.05, 4.69) is 22.2 Å². The molecular weight excluding hydrogens is 240 g/mol. The first kappa shape index (κ1) is 13.1. The molecule has 5 nitrogen and oxygen atoms in total. The standard InChI is InChI=1S/C14H18N4O/c1-3-4-13-17-12(15)9-14(18-13)16-10-5-7-11(19-2)8-6-10/h5-9H,3-4H2,1-2H3,(H3,15,16,17,18). The van der Waals surface area contributed by atoms with E-state index in [4.69, 9.17) is 10.5 Å². The van der Waals surface area contributed by atoms with E-state index in [-0.39, 0.29) is 0 Å². The molecule has 19 heavy (non-hydrogen) atoms. The van der Waals surface area contributed by atoms with Crippen LogP contribution in [0.25, 0.3) is 0 Å². The maximum absolute atomic E-state index is 5.78. The van der Waals surface area contributed by atoms with Gasteiger partial charge in [0.15, 0.2) is 0 Å². The highest BCUT2D eigenvalue weighted by Gasteiger charge is 2.03. The number of nitrogens with one attached hydrogen (secondary N) is 1.